The van der Waals surface area contributed by atoms with Gasteiger partial charge in [-0.1, -0.05) is 12.1 Å². The first kappa shape index (κ1) is 21.3. The van der Waals surface area contributed by atoms with Gasteiger partial charge in [0.2, 0.25) is 0 Å². The molecule has 1 aromatic heterocycles. The van der Waals surface area contributed by atoms with Crippen LogP contribution in [0.1, 0.15) is 12.0 Å². The van der Waals surface area contributed by atoms with E-state index in [1.807, 2.05) is 6.07 Å². The SMILES string of the molecule is CN=C(NCc1cccnc1N1CCOCC1)NC1CCN(c2c(F)cccc2F)C1. The maximum Gasteiger partial charge on any atom is 0.191 e. The number of rotatable bonds is 5. The van der Waals surface area contributed by atoms with Crippen molar-refractivity contribution in [3.63, 3.8) is 0 Å². The van der Waals surface area contributed by atoms with Crippen molar-refractivity contribution in [1.29, 1.82) is 0 Å². The fourth-order valence-electron chi connectivity index (χ4n) is 4.07. The fourth-order valence-corrected chi connectivity index (χ4v) is 4.07. The van der Waals surface area contributed by atoms with Crippen LogP contribution >= 0.6 is 0 Å². The Morgan fingerprint density at radius 3 is 2.65 bits per heavy atom. The average Bonchev–Trinajstić information content (AvgIpc) is 3.25. The summed E-state index contributed by atoms with van der Waals surface area (Å²) in [5.41, 5.74) is 1.12. The molecule has 2 N–H and O–H groups in total. The smallest absolute Gasteiger partial charge is 0.191 e. The second kappa shape index (κ2) is 9.91. The Kier molecular flexibility index (Phi) is 6.81. The predicted octanol–water partition coefficient (Wildman–Crippen LogP) is 2.14. The monoisotopic (exact) mass is 430 g/mol. The molecular formula is C22H28F2N6O. The quantitative estimate of drug-likeness (QED) is 0.560. The Morgan fingerprint density at radius 2 is 1.90 bits per heavy atom. The minimum absolute atomic E-state index is 0.0396. The number of halogens is 2. The standard InChI is InChI=1S/C22H28F2N6O/c1-25-22(27-14-16-4-3-8-26-21(16)29-10-12-31-13-11-29)28-17-7-9-30(15-17)20-18(23)5-2-6-19(20)24/h2-6,8,17H,7,9-15H2,1H3,(H2,25,27,28). The van der Waals surface area contributed by atoms with Gasteiger partial charge in [-0.25, -0.2) is 13.8 Å². The molecule has 1 aromatic carbocycles. The molecular weight excluding hydrogens is 402 g/mol. The molecule has 2 saturated heterocycles. The lowest BCUT2D eigenvalue weighted by Crippen LogP contribution is -2.44. The normalized spacial score (nSPS) is 19.6. The zero-order valence-electron chi connectivity index (χ0n) is 17.7. The van der Waals surface area contributed by atoms with Crippen LogP contribution in [0.3, 0.4) is 0 Å². The molecule has 31 heavy (non-hydrogen) atoms. The summed E-state index contributed by atoms with van der Waals surface area (Å²) in [4.78, 5) is 12.9. The van der Waals surface area contributed by atoms with Crippen LogP contribution in [0, 0.1) is 11.6 Å². The van der Waals surface area contributed by atoms with E-state index in [1.54, 1.807) is 18.1 Å². The molecule has 2 aliphatic heterocycles. The van der Waals surface area contributed by atoms with Gasteiger partial charge in [-0.2, -0.15) is 0 Å². The van der Waals surface area contributed by atoms with Gasteiger partial charge in [0.1, 0.15) is 23.1 Å². The number of aromatic nitrogens is 1. The van der Waals surface area contributed by atoms with Crippen molar-refractivity contribution in [2.75, 3.05) is 56.2 Å². The summed E-state index contributed by atoms with van der Waals surface area (Å²) in [6, 6.07) is 7.98. The fraction of sp³-hybridized carbons (Fsp3) is 0.455. The highest BCUT2D eigenvalue weighted by Gasteiger charge is 2.27. The highest BCUT2D eigenvalue weighted by atomic mass is 19.1. The Labute approximate surface area is 181 Å². The summed E-state index contributed by atoms with van der Waals surface area (Å²) in [6.07, 6.45) is 2.57. The minimum Gasteiger partial charge on any atom is -0.378 e. The van der Waals surface area contributed by atoms with E-state index in [2.05, 4.69) is 31.6 Å². The summed E-state index contributed by atoms with van der Waals surface area (Å²) >= 11 is 0. The molecule has 166 valence electrons. The first-order valence-electron chi connectivity index (χ1n) is 10.6. The van der Waals surface area contributed by atoms with Gasteiger partial charge in [-0.15, -0.1) is 0 Å². The lowest BCUT2D eigenvalue weighted by atomic mass is 10.2. The predicted molar refractivity (Wildman–Crippen MR) is 118 cm³/mol. The number of guanidine groups is 1. The Morgan fingerprint density at radius 1 is 1.13 bits per heavy atom. The molecule has 7 nitrogen and oxygen atoms in total. The van der Waals surface area contributed by atoms with Gasteiger partial charge in [0.15, 0.2) is 5.96 Å². The lowest BCUT2D eigenvalue weighted by Gasteiger charge is -2.29. The number of benzene rings is 1. The van der Waals surface area contributed by atoms with E-state index in [1.165, 1.54) is 18.2 Å². The van der Waals surface area contributed by atoms with Crippen molar-refractivity contribution >= 4 is 17.5 Å². The molecule has 0 bridgehead atoms. The number of morpholine rings is 1. The van der Waals surface area contributed by atoms with Gasteiger partial charge in [0, 0.05) is 57.6 Å². The molecule has 0 amide bonds. The number of hydrogen-bond acceptors (Lipinski definition) is 5. The zero-order valence-corrected chi connectivity index (χ0v) is 17.7. The summed E-state index contributed by atoms with van der Waals surface area (Å²) in [5.74, 6) is 0.541. The third-order valence-electron chi connectivity index (χ3n) is 5.63. The summed E-state index contributed by atoms with van der Waals surface area (Å²) in [5, 5.41) is 6.72. The van der Waals surface area contributed by atoms with E-state index in [4.69, 9.17) is 4.74 Å². The highest BCUT2D eigenvalue weighted by molar-refractivity contribution is 5.80. The van der Waals surface area contributed by atoms with Crippen molar-refractivity contribution in [1.82, 2.24) is 15.6 Å². The second-order valence-corrected chi connectivity index (χ2v) is 7.66. The Hall–Kier alpha value is -2.94. The minimum atomic E-state index is -0.532. The molecule has 3 heterocycles. The molecule has 0 saturated carbocycles. The van der Waals surface area contributed by atoms with Crippen molar-refractivity contribution in [2.45, 2.75) is 19.0 Å². The molecule has 9 heteroatoms. The molecule has 1 atom stereocenters. The van der Waals surface area contributed by atoms with Crippen LogP contribution in [0.25, 0.3) is 0 Å². The summed E-state index contributed by atoms with van der Waals surface area (Å²) in [6.45, 7) is 4.70. The van der Waals surface area contributed by atoms with Crippen LogP contribution in [0.5, 0.6) is 0 Å². The molecule has 1 unspecified atom stereocenters. The van der Waals surface area contributed by atoms with Crippen molar-refractivity contribution < 1.29 is 13.5 Å². The molecule has 0 aliphatic carbocycles. The van der Waals surface area contributed by atoms with Crippen molar-refractivity contribution in [3.8, 4) is 0 Å². The number of para-hydroxylation sites is 1. The zero-order chi connectivity index (χ0) is 21.6. The maximum atomic E-state index is 14.1. The van der Waals surface area contributed by atoms with Gasteiger partial charge in [0.25, 0.3) is 0 Å². The van der Waals surface area contributed by atoms with E-state index >= 15 is 0 Å². The number of aliphatic imine (C=N–C) groups is 1. The van der Waals surface area contributed by atoms with E-state index < -0.39 is 11.6 Å². The number of pyridine rings is 1. The van der Waals surface area contributed by atoms with E-state index in [9.17, 15) is 8.78 Å². The third kappa shape index (κ3) is 5.04. The first-order valence-corrected chi connectivity index (χ1v) is 10.6. The van der Waals surface area contributed by atoms with Crippen molar-refractivity contribution in [2.24, 2.45) is 4.99 Å². The molecule has 2 aromatic rings. The number of nitrogens with zero attached hydrogens (tertiary/aromatic N) is 4. The van der Waals surface area contributed by atoms with Crippen molar-refractivity contribution in [3.05, 3.63) is 53.7 Å². The van der Waals surface area contributed by atoms with Crippen LogP contribution in [-0.2, 0) is 11.3 Å². The van der Waals surface area contributed by atoms with Crippen LogP contribution in [-0.4, -0.2) is 63.4 Å². The number of hydrogen-bond donors (Lipinski definition) is 2. The molecule has 0 spiro atoms. The Balaban J connectivity index is 1.35. The molecule has 2 fully saturated rings. The van der Waals surface area contributed by atoms with Gasteiger partial charge >= 0.3 is 0 Å². The van der Waals surface area contributed by atoms with Crippen LogP contribution in [0.2, 0.25) is 0 Å². The lowest BCUT2D eigenvalue weighted by molar-refractivity contribution is 0.122. The molecule has 0 radical (unpaired) electrons. The number of ether oxygens (including phenoxy) is 1. The third-order valence-corrected chi connectivity index (χ3v) is 5.63. The van der Waals surface area contributed by atoms with E-state index in [0.29, 0.717) is 38.8 Å². The molecule has 2 aliphatic rings. The van der Waals surface area contributed by atoms with Gasteiger partial charge in [0.05, 0.1) is 13.2 Å². The second-order valence-electron chi connectivity index (χ2n) is 7.66. The van der Waals surface area contributed by atoms with Gasteiger partial charge in [-0.05, 0) is 24.6 Å². The maximum absolute atomic E-state index is 14.1. The summed E-state index contributed by atoms with van der Waals surface area (Å²) < 4.78 is 33.6. The topological polar surface area (TPSA) is 65.0 Å². The molecule has 4 rings (SSSR count). The summed E-state index contributed by atoms with van der Waals surface area (Å²) in [7, 11) is 1.71. The highest BCUT2D eigenvalue weighted by Crippen LogP contribution is 2.26. The van der Waals surface area contributed by atoms with Crippen LogP contribution in [0.15, 0.2) is 41.5 Å². The first-order chi connectivity index (χ1) is 15.2. The van der Waals surface area contributed by atoms with Gasteiger partial charge < -0.3 is 25.2 Å². The Bertz CT molecular complexity index is 898. The largest absolute Gasteiger partial charge is 0.378 e. The van der Waals surface area contributed by atoms with E-state index in [-0.39, 0.29) is 11.7 Å². The number of nitrogens with one attached hydrogen (secondary N) is 2. The average molecular weight is 431 g/mol. The number of anilines is 2. The van der Waals surface area contributed by atoms with Gasteiger partial charge in [-0.3, -0.25) is 4.99 Å². The van der Waals surface area contributed by atoms with Crippen LogP contribution in [0.4, 0.5) is 20.3 Å². The van der Waals surface area contributed by atoms with Crippen LogP contribution < -0.4 is 20.4 Å². The van der Waals surface area contributed by atoms with E-state index in [0.717, 1.165) is 30.9 Å².